The molecule has 2 heterocycles. The van der Waals surface area contributed by atoms with Crippen LogP contribution in [0.15, 0.2) is 41.8 Å². The van der Waals surface area contributed by atoms with Crippen LogP contribution >= 0.6 is 11.3 Å². The van der Waals surface area contributed by atoms with Crippen LogP contribution in [0.25, 0.3) is 0 Å². The molecular formula is C24H28N2O4S. The molecule has 1 fully saturated rings. The van der Waals surface area contributed by atoms with E-state index in [1.54, 1.807) is 11.8 Å². The Kier molecular flexibility index (Phi) is 6.70. The minimum Gasteiger partial charge on any atom is -0.452 e. The minimum atomic E-state index is -0.840. The molecule has 0 spiro atoms. The van der Waals surface area contributed by atoms with E-state index in [1.807, 2.05) is 29.6 Å². The molecule has 0 unspecified atom stereocenters. The summed E-state index contributed by atoms with van der Waals surface area (Å²) < 4.78 is 5.50. The second kappa shape index (κ2) is 9.64. The molecule has 1 aromatic heterocycles. The molecule has 0 saturated carbocycles. The lowest BCUT2D eigenvalue weighted by atomic mass is 9.87. The van der Waals surface area contributed by atoms with Crippen molar-refractivity contribution in [2.45, 2.75) is 51.2 Å². The Morgan fingerprint density at radius 2 is 1.87 bits per heavy atom. The summed E-state index contributed by atoms with van der Waals surface area (Å²) in [5.74, 6) is -0.879. The lowest BCUT2D eigenvalue weighted by Gasteiger charge is -2.31. The molecule has 1 aliphatic heterocycles. The van der Waals surface area contributed by atoms with Gasteiger partial charge in [0.2, 0.25) is 0 Å². The van der Waals surface area contributed by atoms with Crippen LogP contribution in [-0.2, 0) is 20.7 Å². The lowest BCUT2D eigenvalue weighted by Crippen LogP contribution is -2.43. The Labute approximate surface area is 186 Å². The SMILES string of the molecule is C[C@H](OC(=O)C1CCN(C(=O)c2cccs2)CC1)C(=O)N[C@@H]1CCCc2ccccc21. The average molecular weight is 441 g/mol. The molecule has 2 amide bonds. The van der Waals surface area contributed by atoms with E-state index in [2.05, 4.69) is 17.4 Å². The van der Waals surface area contributed by atoms with Crippen molar-refractivity contribution < 1.29 is 19.1 Å². The number of nitrogens with one attached hydrogen (secondary N) is 1. The number of nitrogens with zero attached hydrogens (tertiary/aromatic N) is 1. The number of likely N-dealkylation sites (tertiary alicyclic amines) is 1. The van der Waals surface area contributed by atoms with Gasteiger partial charge < -0.3 is 15.0 Å². The number of rotatable bonds is 5. The molecule has 0 radical (unpaired) electrons. The third kappa shape index (κ3) is 4.98. The summed E-state index contributed by atoms with van der Waals surface area (Å²) in [5, 5.41) is 4.94. The number of thiophene rings is 1. The number of carbonyl (C=O) groups is 3. The first-order valence-corrected chi connectivity index (χ1v) is 11.8. The van der Waals surface area contributed by atoms with Gasteiger partial charge in [0.15, 0.2) is 6.10 Å². The van der Waals surface area contributed by atoms with Crippen molar-refractivity contribution in [3.8, 4) is 0 Å². The van der Waals surface area contributed by atoms with E-state index < -0.39 is 6.10 Å². The van der Waals surface area contributed by atoms with Gasteiger partial charge in [0.05, 0.1) is 16.8 Å². The zero-order valence-corrected chi connectivity index (χ0v) is 18.5. The molecule has 2 aromatic rings. The fourth-order valence-electron chi connectivity index (χ4n) is 4.39. The van der Waals surface area contributed by atoms with Crippen LogP contribution in [0.5, 0.6) is 0 Å². The number of amides is 2. The van der Waals surface area contributed by atoms with E-state index in [9.17, 15) is 14.4 Å². The molecule has 31 heavy (non-hydrogen) atoms. The topological polar surface area (TPSA) is 75.7 Å². The molecule has 2 aliphatic rings. The van der Waals surface area contributed by atoms with Crippen molar-refractivity contribution in [2.24, 2.45) is 5.92 Å². The van der Waals surface area contributed by atoms with Gasteiger partial charge in [-0.3, -0.25) is 14.4 Å². The molecule has 1 saturated heterocycles. The summed E-state index contributed by atoms with van der Waals surface area (Å²) in [6.07, 6.45) is 3.22. The predicted molar refractivity (Wildman–Crippen MR) is 119 cm³/mol. The van der Waals surface area contributed by atoms with Gasteiger partial charge in [0.1, 0.15) is 0 Å². The summed E-state index contributed by atoms with van der Waals surface area (Å²) in [6.45, 7) is 2.67. The van der Waals surface area contributed by atoms with Gasteiger partial charge in [-0.2, -0.15) is 0 Å². The van der Waals surface area contributed by atoms with Crippen LogP contribution in [0, 0.1) is 5.92 Å². The third-order valence-electron chi connectivity index (χ3n) is 6.20. The predicted octanol–water partition coefficient (Wildman–Crippen LogP) is 3.73. The van der Waals surface area contributed by atoms with E-state index >= 15 is 0 Å². The van der Waals surface area contributed by atoms with E-state index in [4.69, 9.17) is 4.74 Å². The van der Waals surface area contributed by atoms with E-state index in [-0.39, 0.29) is 29.7 Å². The van der Waals surface area contributed by atoms with Crippen molar-refractivity contribution >= 4 is 29.1 Å². The summed E-state index contributed by atoms with van der Waals surface area (Å²) in [5.41, 5.74) is 2.43. The number of hydrogen-bond donors (Lipinski definition) is 1. The molecule has 1 aromatic carbocycles. The summed E-state index contributed by atoms with van der Waals surface area (Å²) >= 11 is 1.43. The Morgan fingerprint density at radius 3 is 2.61 bits per heavy atom. The largest absolute Gasteiger partial charge is 0.452 e. The number of esters is 1. The van der Waals surface area contributed by atoms with Crippen LogP contribution in [0.4, 0.5) is 0 Å². The Morgan fingerprint density at radius 1 is 1.10 bits per heavy atom. The maximum Gasteiger partial charge on any atom is 0.309 e. The highest BCUT2D eigenvalue weighted by atomic mass is 32.1. The monoisotopic (exact) mass is 440 g/mol. The highest BCUT2D eigenvalue weighted by Gasteiger charge is 2.32. The quantitative estimate of drug-likeness (QED) is 0.719. The van der Waals surface area contributed by atoms with Gasteiger partial charge in [-0.25, -0.2) is 0 Å². The van der Waals surface area contributed by atoms with Crippen molar-refractivity contribution in [3.05, 3.63) is 57.8 Å². The van der Waals surface area contributed by atoms with Crippen LogP contribution in [-0.4, -0.2) is 41.9 Å². The molecule has 1 N–H and O–H groups in total. The van der Waals surface area contributed by atoms with Crippen molar-refractivity contribution in [1.82, 2.24) is 10.2 Å². The minimum absolute atomic E-state index is 0.0160. The molecular weight excluding hydrogens is 412 g/mol. The van der Waals surface area contributed by atoms with E-state index in [0.717, 1.165) is 29.7 Å². The number of fused-ring (bicyclic) bond motifs is 1. The zero-order chi connectivity index (χ0) is 21.8. The summed E-state index contributed by atoms with van der Waals surface area (Å²) in [6, 6.07) is 11.8. The van der Waals surface area contributed by atoms with Crippen molar-refractivity contribution in [3.63, 3.8) is 0 Å². The number of aryl methyl sites for hydroxylation is 1. The summed E-state index contributed by atoms with van der Waals surface area (Å²) in [4.78, 5) is 40.2. The van der Waals surface area contributed by atoms with Crippen molar-refractivity contribution in [2.75, 3.05) is 13.1 Å². The second-order valence-electron chi connectivity index (χ2n) is 8.28. The number of benzene rings is 1. The van der Waals surface area contributed by atoms with Gasteiger partial charge in [0.25, 0.3) is 11.8 Å². The number of carbonyl (C=O) groups excluding carboxylic acids is 3. The fourth-order valence-corrected chi connectivity index (χ4v) is 5.08. The third-order valence-corrected chi connectivity index (χ3v) is 7.05. The van der Waals surface area contributed by atoms with Gasteiger partial charge in [-0.05, 0) is 61.6 Å². The first kappa shape index (κ1) is 21.6. The zero-order valence-electron chi connectivity index (χ0n) is 17.7. The molecule has 2 atom stereocenters. The maximum atomic E-state index is 12.7. The average Bonchev–Trinajstić information content (AvgIpc) is 3.34. The molecule has 0 bridgehead atoms. The molecule has 7 heteroatoms. The van der Waals surface area contributed by atoms with E-state index in [1.165, 1.54) is 16.9 Å². The lowest BCUT2D eigenvalue weighted by molar-refractivity contribution is -0.160. The smallest absolute Gasteiger partial charge is 0.309 e. The molecule has 6 nitrogen and oxygen atoms in total. The number of ether oxygens (including phenoxy) is 1. The van der Waals surface area contributed by atoms with Crippen LogP contribution in [0.3, 0.4) is 0 Å². The highest BCUT2D eigenvalue weighted by molar-refractivity contribution is 7.12. The Balaban J connectivity index is 1.26. The van der Waals surface area contributed by atoms with Gasteiger partial charge in [0, 0.05) is 13.1 Å². The molecule has 164 valence electrons. The van der Waals surface area contributed by atoms with Crippen LogP contribution in [0.1, 0.15) is 59.4 Å². The number of hydrogen-bond acceptors (Lipinski definition) is 5. The highest BCUT2D eigenvalue weighted by Crippen LogP contribution is 2.29. The van der Waals surface area contributed by atoms with Crippen molar-refractivity contribution in [1.29, 1.82) is 0 Å². The Hall–Kier alpha value is -2.67. The van der Waals surface area contributed by atoms with Gasteiger partial charge in [-0.15, -0.1) is 11.3 Å². The second-order valence-corrected chi connectivity index (χ2v) is 9.22. The molecule has 1 aliphatic carbocycles. The van der Waals surface area contributed by atoms with Gasteiger partial charge >= 0.3 is 5.97 Å². The summed E-state index contributed by atoms with van der Waals surface area (Å²) in [7, 11) is 0. The first-order chi connectivity index (χ1) is 15.0. The maximum absolute atomic E-state index is 12.7. The fraction of sp³-hybridized carbons (Fsp3) is 0.458. The van der Waals surface area contributed by atoms with Crippen LogP contribution in [0.2, 0.25) is 0 Å². The first-order valence-electron chi connectivity index (χ1n) is 10.9. The number of piperidine rings is 1. The van der Waals surface area contributed by atoms with Gasteiger partial charge in [-0.1, -0.05) is 30.3 Å². The molecule has 4 rings (SSSR count). The van der Waals surface area contributed by atoms with E-state index in [0.29, 0.717) is 25.9 Å². The normalized spacial score (nSPS) is 19.9. The standard InChI is InChI=1S/C24H28N2O4S/c1-16(22(27)25-20-9-4-7-17-6-2-3-8-19(17)20)30-24(29)18-11-13-26(14-12-18)23(28)21-10-5-15-31-21/h2-3,5-6,8,10,15-16,18,20H,4,7,9,11-14H2,1H3,(H,25,27)/t16-,20+/m0/s1. The van der Waals surface area contributed by atoms with Crippen LogP contribution < -0.4 is 5.32 Å². The Bertz CT molecular complexity index is 935.